The van der Waals surface area contributed by atoms with Gasteiger partial charge >= 0.3 is 12.1 Å². The number of amides is 1. The van der Waals surface area contributed by atoms with Crippen LogP contribution >= 0.6 is 0 Å². The van der Waals surface area contributed by atoms with E-state index in [2.05, 4.69) is 10.2 Å². The highest BCUT2D eigenvalue weighted by Crippen LogP contribution is 2.52. The third-order valence-corrected chi connectivity index (χ3v) is 11.1. The number of fused-ring (bicyclic) bond motifs is 1. The molecule has 2 fully saturated rings. The molecule has 1 saturated heterocycles. The average molecular weight is 710 g/mol. The van der Waals surface area contributed by atoms with Crippen molar-refractivity contribution >= 4 is 11.9 Å². The molecule has 1 amide bonds. The van der Waals surface area contributed by atoms with E-state index >= 15 is 0 Å². The molecule has 51 heavy (non-hydrogen) atoms. The Kier molecular flexibility index (Phi) is 10.2. The Bertz CT molecular complexity index is 1870. The molecule has 2 aliphatic carbocycles. The standard InChI is InChI=1S/C40H47F4N3O4/c1-23(2)14-34(47-21-27(32(19-35(47)48)40(42,43)44)8-12-46-13-11-39(22-46)9-10-39)38(51)45-33(20-36(49)50)28-17-26-6-5-7-30(26)31(18-28)37-24(3)15-29(41)16-25(37)4/h15-19,21,23,33-34H,5-14,20,22H2,1-4H3,(H,45,51)(H,49,50)/t33-,34-/m0/s1. The number of carboxylic acids is 1. The van der Waals surface area contributed by atoms with E-state index in [1.54, 1.807) is 0 Å². The van der Waals surface area contributed by atoms with Gasteiger partial charge in [-0.05, 0) is 146 Å². The maximum absolute atomic E-state index is 14.3. The zero-order chi connectivity index (χ0) is 36.8. The Labute approximate surface area is 296 Å². The van der Waals surface area contributed by atoms with Crippen LogP contribution in [0.3, 0.4) is 0 Å². The number of carbonyl (C=O) groups is 2. The molecule has 3 aliphatic rings. The summed E-state index contributed by atoms with van der Waals surface area (Å²) in [5, 5.41) is 12.9. The molecular weight excluding hydrogens is 662 g/mol. The van der Waals surface area contributed by atoms with Crippen LogP contribution in [0.5, 0.6) is 0 Å². The van der Waals surface area contributed by atoms with Gasteiger partial charge in [0.1, 0.15) is 11.9 Å². The third kappa shape index (κ3) is 8.08. The van der Waals surface area contributed by atoms with Gasteiger partial charge in [-0.25, -0.2) is 4.39 Å². The minimum absolute atomic E-state index is 0.0456. The van der Waals surface area contributed by atoms with E-state index in [1.807, 2.05) is 39.8 Å². The highest BCUT2D eigenvalue weighted by atomic mass is 19.4. The topological polar surface area (TPSA) is 91.6 Å². The largest absolute Gasteiger partial charge is 0.481 e. The summed E-state index contributed by atoms with van der Waals surface area (Å²) in [5.74, 6) is -2.26. The normalized spacial score (nSPS) is 17.9. The first-order valence-electron chi connectivity index (χ1n) is 18.0. The van der Waals surface area contributed by atoms with Crippen molar-refractivity contribution < 1.29 is 32.3 Å². The fraction of sp³-hybridized carbons (Fsp3) is 0.525. The van der Waals surface area contributed by atoms with Crippen LogP contribution < -0.4 is 10.9 Å². The number of aryl methyl sites for hydroxylation is 3. The Hall–Kier alpha value is -3.99. The van der Waals surface area contributed by atoms with Gasteiger partial charge in [-0.2, -0.15) is 13.2 Å². The fourth-order valence-corrected chi connectivity index (χ4v) is 8.36. The zero-order valence-corrected chi connectivity index (χ0v) is 29.8. The Balaban J connectivity index is 1.35. The summed E-state index contributed by atoms with van der Waals surface area (Å²) in [5.41, 5.74) is 4.25. The van der Waals surface area contributed by atoms with Crippen molar-refractivity contribution in [2.24, 2.45) is 11.3 Å². The number of aromatic nitrogens is 1. The van der Waals surface area contributed by atoms with Gasteiger partial charge in [0.25, 0.3) is 5.56 Å². The van der Waals surface area contributed by atoms with Gasteiger partial charge in [-0.3, -0.25) is 14.4 Å². The summed E-state index contributed by atoms with van der Waals surface area (Å²) in [6.07, 6.45) is 2.03. The number of carboxylic acid groups (broad SMARTS) is 1. The molecule has 6 rings (SSSR count). The van der Waals surface area contributed by atoms with Crippen LogP contribution in [0.4, 0.5) is 17.6 Å². The number of hydrogen-bond acceptors (Lipinski definition) is 4. The minimum Gasteiger partial charge on any atom is -0.481 e. The molecule has 1 aromatic heterocycles. The quantitative estimate of drug-likeness (QED) is 0.188. The van der Waals surface area contributed by atoms with Crippen molar-refractivity contribution in [3.63, 3.8) is 0 Å². The van der Waals surface area contributed by atoms with Gasteiger partial charge in [-0.15, -0.1) is 0 Å². The number of nitrogens with one attached hydrogen (secondary N) is 1. The number of rotatable bonds is 12. The molecule has 3 aromatic rings. The number of nitrogens with zero attached hydrogens (tertiary/aromatic N) is 2. The Morgan fingerprint density at radius 2 is 1.73 bits per heavy atom. The van der Waals surface area contributed by atoms with Crippen molar-refractivity contribution in [3.05, 3.63) is 91.6 Å². The van der Waals surface area contributed by atoms with E-state index in [1.165, 1.54) is 18.3 Å². The molecule has 2 heterocycles. The second-order valence-corrected chi connectivity index (χ2v) is 15.5. The molecule has 0 bridgehead atoms. The van der Waals surface area contributed by atoms with Crippen molar-refractivity contribution in [1.29, 1.82) is 0 Å². The number of carbonyl (C=O) groups excluding carboxylic acids is 1. The van der Waals surface area contributed by atoms with E-state index in [0.29, 0.717) is 23.6 Å². The van der Waals surface area contributed by atoms with E-state index in [0.717, 1.165) is 89.6 Å². The molecular formula is C40H47F4N3O4. The van der Waals surface area contributed by atoms with Crippen LogP contribution in [0.25, 0.3) is 11.1 Å². The van der Waals surface area contributed by atoms with E-state index in [4.69, 9.17) is 0 Å². The summed E-state index contributed by atoms with van der Waals surface area (Å²) in [6, 6.07) is 5.14. The fourth-order valence-electron chi connectivity index (χ4n) is 8.36. The maximum atomic E-state index is 14.3. The zero-order valence-electron chi connectivity index (χ0n) is 29.8. The average Bonchev–Trinajstić information content (AvgIpc) is 3.41. The Morgan fingerprint density at radius 3 is 2.33 bits per heavy atom. The molecule has 0 unspecified atom stereocenters. The van der Waals surface area contributed by atoms with Crippen LogP contribution in [0.1, 0.15) is 103 Å². The van der Waals surface area contributed by atoms with Gasteiger partial charge < -0.3 is 19.9 Å². The second kappa shape index (κ2) is 14.2. The first kappa shape index (κ1) is 36.8. The number of halogens is 4. The number of likely N-dealkylation sites (tertiary alicyclic amines) is 1. The predicted molar refractivity (Wildman–Crippen MR) is 187 cm³/mol. The number of benzene rings is 2. The molecule has 0 radical (unpaired) electrons. The first-order valence-corrected chi connectivity index (χ1v) is 18.0. The van der Waals surface area contributed by atoms with E-state index in [9.17, 15) is 37.1 Å². The summed E-state index contributed by atoms with van der Waals surface area (Å²) >= 11 is 0. The lowest BCUT2D eigenvalue weighted by molar-refractivity contribution is -0.139. The second-order valence-electron chi connectivity index (χ2n) is 15.5. The maximum Gasteiger partial charge on any atom is 0.416 e. The lowest BCUT2D eigenvalue weighted by atomic mass is 9.87. The highest BCUT2D eigenvalue weighted by Gasteiger charge is 2.47. The summed E-state index contributed by atoms with van der Waals surface area (Å²) in [4.78, 5) is 42.0. The number of alkyl halides is 3. The number of hydrogen-bond donors (Lipinski definition) is 2. The lowest BCUT2D eigenvalue weighted by Crippen LogP contribution is -2.40. The van der Waals surface area contributed by atoms with Gasteiger partial charge in [0, 0.05) is 25.4 Å². The lowest BCUT2D eigenvalue weighted by Gasteiger charge is -2.27. The van der Waals surface area contributed by atoms with E-state index in [-0.39, 0.29) is 30.1 Å². The van der Waals surface area contributed by atoms with Crippen molar-refractivity contribution in [2.75, 3.05) is 19.6 Å². The Morgan fingerprint density at radius 1 is 1.02 bits per heavy atom. The number of pyridine rings is 1. The van der Waals surface area contributed by atoms with Crippen LogP contribution in [-0.4, -0.2) is 46.1 Å². The van der Waals surface area contributed by atoms with Crippen molar-refractivity contribution in [3.8, 4) is 11.1 Å². The van der Waals surface area contributed by atoms with Crippen molar-refractivity contribution in [1.82, 2.24) is 14.8 Å². The highest BCUT2D eigenvalue weighted by molar-refractivity contribution is 5.82. The molecule has 7 nitrogen and oxygen atoms in total. The van der Waals surface area contributed by atoms with Gasteiger partial charge in [0.2, 0.25) is 5.91 Å². The molecule has 1 spiro atoms. The third-order valence-electron chi connectivity index (χ3n) is 11.1. The van der Waals surface area contributed by atoms with Crippen LogP contribution in [0.2, 0.25) is 0 Å². The van der Waals surface area contributed by atoms with Crippen molar-refractivity contribution in [2.45, 2.75) is 104 Å². The summed E-state index contributed by atoms with van der Waals surface area (Å²) in [6.45, 7) is 9.47. The monoisotopic (exact) mass is 709 g/mol. The van der Waals surface area contributed by atoms with Gasteiger partial charge in [0.05, 0.1) is 18.0 Å². The molecule has 2 N–H and O–H groups in total. The van der Waals surface area contributed by atoms with Crippen LogP contribution in [0.15, 0.2) is 41.3 Å². The molecule has 1 saturated carbocycles. The van der Waals surface area contributed by atoms with Crippen LogP contribution in [-0.2, 0) is 35.0 Å². The predicted octanol–water partition coefficient (Wildman–Crippen LogP) is 7.73. The molecule has 1 aliphatic heterocycles. The molecule has 274 valence electrons. The smallest absolute Gasteiger partial charge is 0.416 e. The van der Waals surface area contributed by atoms with Gasteiger partial charge in [0.15, 0.2) is 0 Å². The number of aliphatic carboxylic acids is 1. The molecule has 2 aromatic carbocycles. The van der Waals surface area contributed by atoms with Crippen LogP contribution in [0, 0.1) is 31.0 Å². The molecule has 11 heteroatoms. The summed E-state index contributed by atoms with van der Waals surface area (Å²) in [7, 11) is 0. The SMILES string of the molecule is Cc1cc(F)cc(C)c1-c1cc([C@H](CC(=O)O)NC(=O)[C@H](CC(C)C)n2cc(CCN3CCC4(CC4)C3)c(C(F)(F)F)cc2=O)cc2c1CCC2. The summed E-state index contributed by atoms with van der Waals surface area (Å²) < 4.78 is 58.1. The minimum atomic E-state index is -4.74. The molecule has 2 atom stereocenters. The first-order chi connectivity index (χ1) is 24.0. The van der Waals surface area contributed by atoms with Gasteiger partial charge in [-0.1, -0.05) is 19.9 Å². The van der Waals surface area contributed by atoms with E-state index < -0.39 is 47.7 Å².